The number of nitrogens with one attached hydrogen (secondary N) is 1. The van der Waals surface area contributed by atoms with Gasteiger partial charge in [0.2, 0.25) is 0 Å². The summed E-state index contributed by atoms with van der Waals surface area (Å²) in [5.41, 5.74) is 0.0976. The molecule has 0 heterocycles. The molecule has 0 radical (unpaired) electrons. The van der Waals surface area contributed by atoms with Crippen molar-refractivity contribution in [1.29, 1.82) is 5.26 Å². The van der Waals surface area contributed by atoms with Crippen LogP contribution in [0, 0.1) is 23.0 Å². The summed E-state index contributed by atoms with van der Waals surface area (Å²) in [6, 6.07) is 3.25. The van der Waals surface area contributed by atoms with Crippen LogP contribution in [0.15, 0.2) is 16.6 Å². The predicted molar refractivity (Wildman–Crippen MR) is 52.8 cm³/mol. The van der Waals surface area contributed by atoms with Crippen LogP contribution in [0.2, 0.25) is 0 Å². The fourth-order valence-corrected chi connectivity index (χ4v) is 1.45. The molecule has 1 atom stereocenters. The molecule has 0 aliphatic heterocycles. The van der Waals surface area contributed by atoms with Crippen LogP contribution in [0.1, 0.15) is 6.92 Å². The van der Waals surface area contributed by atoms with Gasteiger partial charge in [-0.25, -0.2) is 8.78 Å². The van der Waals surface area contributed by atoms with E-state index in [9.17, 15) is 8.78 Å². The highest BCUT2D eigenvalue weighted by Gasteiger charge is 2.11. The Morgan fingerprint density at radius 2 is 2.14 bits per heavy atom. The van der Waals surface area contributed by atoms with Crippen LogP contribution in [0.5, 0.6) is 0 Å². The average molecular weight is 261 g/mol. The molecule has 1 unspecified atom stereocenters. The number of halogens is 3. The number of rotatable bonds is 2. The predicted octanol–water partition coefficient (Wildman–Crippen LogP) is 3.05. The van der Waals surface area contributed by atoms with Gasteiger partial charge in [-0.05, 0) is 28.9 Å². The lowest BCUT2D eigenvalue weighted by molar-refractivity contribution is 0.583. The Balaban J connectivity index is 3.04. The maximum Gasteiger partial charge on any atom is 0.150 e. The zero-order valence-corrected chi connectivity index (χ0v) is 8.90. The van der Waals surface area contributed by atoms with Crippen molar-refractivity contribution in [2.24, 2.45) is 0 Å². The molecule has 1 aromatic rings. The summed E-state index contributed by atoms with van der Waals surface area (Å²) in [5.74, 6) is -1.39. The first-order chi connectivity index (χ1) is 6.54. The minimum Gasteiger partial charge on any atom is -0.367 e. The summed E-state index contributed by atoms with van der Waals surface area (Å²) < 4.78 is 26.1. The number of nitriles is 1. The third kappa shape index (κ3) is 2.42. The van der Waals surface area contributed by atoms with Gasteiger partial charge in [0.1, 0.15) is 17.7 Å². The minimum atomic E-state index is -0.723. The molecule has 1 rings (SSSR count). The molecule has 0 saturated heterocycles. The highest BCUT2D eigenvalue weighted by Crippen LogP contribution is 2.27. The molecule has 0 aliphatic carbocycles. The van der Waals surface area contributed by atoms with Gasteiger partial charge >= 0.3 is 0 Å². The van der Waals surface area contributed by atoms with E-state index in [4.69, 9.17) is 5.26 Å². The van der Waals surface area contributed by atoms with Gasteiger partial charge in [-0.2, -0.15) is 5.26 Å². The Morgan fingerprint density at radius 1 is 1.50 bits per heavy atom. The van der Waals surface area contributed by atoms with Gasteiger partial charge in [0, 0.05) is 10.5 Å². The maximum atomic E-state index is 13.2. The summed E-state index contributed by atoms with van der Waals surface area (Å²) in [6.45, 7) is 1.58. The van der Waals surface area contributed by atoms with E-state index in [1.54, 1.807) is 6.92 Å². The third-order valence-corrected chi connectivity index (χ3v) is 2.19. The molecular formula is C9H7BrF2N2. The average Bonchev–Trinajstić information content (AvgIpc) is 2.10. The molecule has 5 heteroatoms. The molecular weight excluding hydrogens is 254 g/mol. The monoisotopic (exact) mass is 260 g/mol. The largest absolute Gasteiger partial charge is 0.367 e. The highest BCUT2D eigenvalue weighted by atomic mass is 79.9. The number of hydrogen-bond acceptors (Lipinski definition) is 2. The first-order valence-electron chi connectivity index (χ1n) is 3.85. The van der Waals surface area contributed by atoms with Crippen molar-refractivity contribution in [3.05, 3.63) is 28.2 Å². The van der Waals surface area contributed by atoms with Crippen molar-refractivity contribution in [3.63, 3.8) is 0 Å². The summed E-state index contributed by atoms with van der Waals surface area (Å²) in [7, 11) is 0. The smallest absolute Gasteiger partial charge is 0.150 e. The van der Waals surface area contributed by atoms with Gasteiger partial charge in [0.25, 0.3) is 0 Å². The highest BCUT2D eigenvalue weighted by molar-refractivity contribution is 9.10. The third-order valence-electron chi connectivity index (χ3n) is 1.56. The first-order valence-corrected chi connectivity index (χ1v) is 4.64. The van der Waals surface area contributed by atoms with Crippen LogP contribution in [0.4, 0.5) is 14.5 Å². The molecule has 0 amide bonds. The minimum absolute atomic E-state index is 0.0976. The van der Waals surface area contributed by atoms with Crippen molar-refractivity contribution in [3.8, 4) is 6.07 Å². The summed E-state index contributed by atoms with van der Waals surface area (Å²) in [4.78, 5) is 0. The Labute approximate surface area is 88.7 Å². The Hall–Kier alpha value is -1.15. The van der Waals surface area contributed by atoms with Gasteiger partial charge < -0.3 is 5.32 Å². The number of anilines is 1. The number of nitrogens with zero attached hydrogens (tertiary/aromatic N) is 1. The van der Waals surface area contributed by atoms with Crippen LogP contribution in [-0.4, -0.2) is 6.04 Å². The van der Waals surface area contributed by atoms with E-state index in [0.29, 0.717) is 0 Å². The Morgan fingerprint density at radius 3 is 2.64 bits per heavy atom. The van der Waals surface area contributed by atoms with Crippen LogP contribution < -0.4 is 5.32 Å². The summed E-state index contributed by atoms with van der Waals surface area (Å²) in [6.07, 6.45) is 0. The Bertz CT molecular complexity index is 364. The van der Waals surface area contributed by atoms with Crippen molar-refractivity contribution in [1.82, 2.24) is 0 Å². The van der Waals surface area contributed by atoms with Gasteiger partial charge in [-0.15, -0.1) is 0 Å². The molecule has 0 spiro atoms. The van der Waals surface area contributed by atoms with E-state index in [-0.39, 0.29) is 10.2 Å². The van der Waals surface area contributed by atoms with E-state index in [1.807, 2.05) is 6.07 Å². The van der Waals surface area contributed by atoms with Crippen molar-refractivity contribution < 1.29 is 8.78 Å². The second-order valence-corrected chi connectivity index (χ2v) is 3.59. The van der Waals surface area contributed by atoms with Crippen LogP contribution in [0.25, 0.3) is 0 Å². The van der Waals surface area contributed by atoms with Crippen molar-refractivity contribution in [2.75, 3.05) is 5.32 Å². The summed E-state index contributed by atoms with van der Waals surface area (Å²) in [5, 5.41) is 11.1. The number of hydrogen-bond donors (Lipinski definition) is 1. The summed E-state index contributed by atoms with van der Waals surface area (Å²) >= 11 is 3.00. The van der Waals surface area contributed by atoms with E-state index in [1.165, 1.54) is 0 Å². The van der Waals surface area contributed by atoms with E-state index in [2.05, 4.69) is 21.2 Å². The molecule has 0 bridgehead atoms. The molecule has 0 fully saturated rings. The fourth-order valence-electron chi connectivity index (χ4n) is 0.929. The lowest BCUT2D eigenvalue weighted by Gasteiger charge is -2.10. The number of benzene rings is 1. The van der Waals surface area contributed by atoms with Gasteiger partial charge in [-0.3, -0.25) is 0 Å². The van der Waals surface area contributed by atoms with Crippen LogP contribution in [0.3, 0.4) is 0 Å². The Kier molecular flexibility index (Phi) is 3.42. The topological polar surface area (TPSA) is 35.8 Å². The van der Waals surface area contributed by atoms with Crippen molar-refractivity contribution >= 4 is 21.6 Å². The standard InChI is InChI=1S/C9H7BrF2N2/c1-5(4-13)14-9-7(10)2-6(11)3-8(9)12/h2-3,5,14H,1H3. The zero-order valence-electron chi connectivity index (χ0n) is 7.31. The fraction of sp³-hybridized carbons (Fsp3) is 0.222. The zero-order chi connectivity index (χ0) is 10.7. The molecule has 74 valence electrons. The molecule has 1 aromatic carbocycles. The van der Waals surface area contributed by atoms with E-state index >= 15 is 0 Å². The van der Waals surface area contributed by atoms with Gasteiger partial charge in [0.05, 0.1) is 11.8 Å². The van der Waals surface area contributed by atoms with E-state index in [0.717, 1.165) is 12.1 Å². The molecule has 1 N–H and O–H groups in total. The van der Waals surface area contributed by atoms with Gasteiger partial charge in [0.15, 0.2) is 0 Å². The van der Waals surface area contributed by atoms with Gasteiger partial charge in [-0.1, -0.05) is 0 Å². The maximum absolute atomic E-state index is 13.2. The SMILES string of the molecule is CC(C#N)Nc1c(F)cc(F)cc1Br. The second kappa shape index (κ2) is 4.38. The van der Waals surface area contributed by atoms with Crippen molar-refractivity contribution in [2.45, 2.75) is 13.0 Å². The first kappa shape index (κ1) is 10.9. The molecule has 2 nitrogen and oxygen atoms in total. The van der Waals surface area contributed by atoms with Crippen LogP contribution in [-0.2, 0) is 0 Å². The molecule has 0 aliphatic rings. The molecule has 14 heavy (non-hydrogen) atoms. The van der Waals surface area contributed by atoms with E-state index < -0.39 is 17.7 Å². The normalized spacial score (nSPS) is 11.9. The lowest BCUT2D eigenvalue weighted by atomic mass is 10.2. The lowest BCUT2D eigenvalue weighted by Crippen LogP contribution is -2.13. The quantitative estimate of drug-likeness (QED) is 0.888. The second-order valence-electron chi connectivity index (χ2n) is 2.74. The molecule has 0 saturated carbocycles. The van der Waals surface area contributed by atoms with Crippen LogP contribution >= 0.6 is 15.9 Å². The molecule has 0 aromatic heterocycles.